The lowest BCUT2D eigenvalue weighted by Crippen LogP contribution is -2.55. The maximum absolute atomic E-state index is 15.0. The molecule has 2 saturated heterocycles. The third-order valence-corrected chi connectivity index (χ3v) is 11.6. The van der Waals surface area contributed by atoms with Crippen LogP contribution in [-0.2, 0) is 36.3 Å². The summed E-state index contributed by atoms with van der Waals surface area (Å²) in [6.07, 6.45) is -15.2. The molecule has 0 radical (unpaired) electrons. The first-order valence-corrected chi connectivity index (χ1v) is 14.9. The Morgan fingerprint density at radius 2 is 1.63 bits per heavy atom. The van der Waals surface area contributed by atoms with Crippen molar-refractivity contribution in [3.8, 4) is 0 Å². The van der Waals surface area contributed by atoms with Crippen molar-refractivity contribution in [3.05, 3.63) is 64.2 Å². The molecule has 234 valence electrons. The van der Waals surface area contributed by atoms with Crippen molar-refractivity contribution in [2.24, 2.45) is 0 Å². The van der Waals surface area contributed by atoms with E-state index in [1.807, 2.05) is 0 Å². The number of sulfone groups is 1. The van der Waals surface area contributed by atoms with Gasteiger partial charge in [-0.2, -0.15) is 26.3 Å². The number of hydrogen-bond acceptors (Lipinski definition) is 5. The van der Waals surface area contributed by atoms with Crippen molar-refractivity contribution in [3.63, 3.8) is 0 Å². The molecule has 2 heterocycles. The van der Waals surface area contributed by atoms with E-state index in [1.54, 1.807) is 0 Å². The van der Waals surface area contributed by atoms with Gasteiger partial charge in [-0.15, -0.1) is 0 Å². The van der Waals surface area contributed by atoms with Gasteiger partial charge < -0.3 is 14.9 Å². The van der Waals surface area contributed by atoms with Gasteiger partial charge in [-0.1, -0.05) is 29.8 Å². The highest BCUT2D eigenvalue weighted by molar-refractivity contribution is 7.92. The van der Waals surface area contributed by atoms with Crippen LogP contribution in [0.15, 0.2) is 47.4 Å². The van der Waals surface area contributed by atoms with E-state index in [0.717, 1.165) is 11.0 Å². The number of nitrogens with zero attached hydrogens (tertiary/aromatic N) is 2. The smallest absolute Gasteiger partial charge is 0.383 e. The number of hydrogen-bond donors (Lipinski definition) is 1. The number of amides is 2. The lowest BCUT2D eigenvalue weighted by atomic mass is 9.76. The normalized spacial score (nSPS) is 26.5. The molecule has 3 aliphatic rings. The summed E-state index contributed by atoms with van der Waals surface area (Å²) in [4.78, 5) is 27.9. The molecular weight excluding hydrogens is 633 g/mol. The van der Waals surface area contributed by atoms with Crippen LogP contribution in [0.3, 0.4) is 0 Å². The molecule has 16 heteroatoms. The van der Waals surface area contributed by atoms with E-state index in [1.165, 1.54) is 36.2 Å². The number of aliphatic hydroxyl groups excluding tert-OH is 1. The zero-order chi connectivity index (χ0) is 31.9. The molecule has 0 aromatic heterocycles. The summed E-state index contributed by atoms with van der Waals surface area (Å²) >= 11 is 5.93. The second-order valence-electron chi connectivity index (χ2n) is 10.9. The number of carbonyl (C=O) groups is 2. The van der Waals surface area contributed by atoms with Gasteiger partial charge in [0.2, 0.25) is 5.91 Å². The fourth-order valence-corrected chi connectivity index (χ4v) is 9.13. The number of likely N-dealkylation sites (N-methyl/N-ethyl adjacent to an activating group) is 1. The van der Waals surface area contributed by atoms with Crippen LogP contribution in [0.4, 0.5) is 30.7 Å². The monoisotopic (exact) mass is 656 g/mol. The molecule has 4 atom stereocenters. The Hall–Kier alpha value is -2.91. The van der Waals surface area contributed by atoms with Crippen LogP contribution in [0.5, 0.6) is 0 Å². The summed E-state index contributed by atoms with van der Waals surface area (Å²) < 4.78 is 123. The molecule has 1 aliphatic carbocycles. The number of aryl methyl sites for hydroxylation is 1. The molecule has 2 aromatic rings. The van der Waals surface area contributed by atoms with E-state index in [4.69, 9.17) is 11.6 Å². The third kappa shape index (κ3) is 4.44. The number of rotatable bonds is 4. The predicted molar refractivity (Wildman–Crippen MR) is 137 cm³/mol. The highest BCUT2D eigenvalue weighted by atomic mass is 35.5. The number of alkyl halides is 7. The largest absolute Gasteiger partial charge is 0.435 e. The van der Waals surface area contributed by atoms with Crippen molar-refractivity contribution in [1.82, 2.24) is 9.80 Å². The average Bonchev–Trinajstić information content (AvgIpc) is 3.45. The van der Waals surface area contributed by atoms with E-state index < -0.39 is 68.2 Å². The minimum Gasteiger partial charge on any atom is -0.383 e. The van der Waals surface area contributed by atoms with Crippen molar-refractivity contribution >= 4 is 33.3 Å². The van der Waals surface area contributed by atoms with Gasteiger partial charge in [-0.3, -0.25) is 9.59 Å². The number of benzene rings is 2. The van der Waals surface area contributed by atoms with Gasteiger partial charge in [-0.05, 0) is 54.7 Å². The van der Waals surface area contributed by atoms with Gasteiger partial charge in [0.15, 0.2) is 9.84 Å². The van der Waals surface area contributed by atoms with Gasteiger partial charge in [0.25, 0.3) is 5.91 Å². The first-order chi connectivity index (χ1) is 19.8. The summed E-state index contributed by atoms with van der Waals surface area (Å²) in [6, 6.07) is 4.13. The molecule has 2 unspecified atom stereocenters. The number of aliphatic hydroxyl groups is 1. The van der Waals surface area contributed by atoms with E-state index in [2.05, 4.69) is 0 Å². The van der Waals surface area contributed by atoms with Crippen molar-refractivity contribution in [2.75, 3.05) is 13.6 Å². The van der Waals surface area contributed by atoms with Gasteiger partial charge in [-0.25, -0.2) is 12.8 Å². The molecule has 2 amide bonds. The van der Waals surface area contributed by atoms with Crippen molar-refractivity contribution < 1.29 is 53.8 Å². The van der Waals surface area contributed by atoms with Crippen LogP contribution in [-0.4, -0.2) is 79.3 Å². The Labute approximate surface area is 246 Å². The van der Waals surface area contributed by atoms with Gasteiger partial charge in [0, 0.05) is 30.6 Å². The summed E-state index contributed by atoms with van der Waals surface area (Å²) in [5, 5.41) is 10.2. The maximum Gasteiger partial charge on any atom is 0.435 e. The molecule has 2 fully saturated rings. The topological polar surface area (TPSA) is 95.0 Å². The molecule has 43 heavy (non-hydrogen) atoms. The zero-order valence-electron chi connectivity index (χ0n) is 22.2. The van der Waals surface area contributed by atoms with Crippen molar-refractivity contribution in [1.29, 1.82) is 0 Å². The summed E-state index contributed by atoms with van der Waals surface area (Å²) in [5.41, 5.74) is -7.85. The highest BCUT2D eigenvalue weighted by Crippen LogP contribution is 2.57. The molecule has 2 aromatic carbocycles. The second-order valence-corrected chi connectivity index (χ2v) is 13.6. The molecule has 0 bridgehead atoms. The number of halogens is 8. The number of carbonyl (C=O) groups excluding carboxylic acids is 2. The fourth-order valence-electron chi connectivity index (χ4n) is 6.63. The lowest BCUT2D eigenvalue weighted by molar-refractivity contribution is -0.348. The van der Waals surface area contributed by atoms with E-state index in [-0.39, 0.29) is 59.3 Å². The third-order valence-electron chi connectivity index (χ3n) is 8.78. The quantitative estimate of drug-likeness (QED) is 0.492. The summed E-state index contributed by atoms with van der Waals surface area (Å²) in [7, 11) is -3.24. The Bertz CT molecular complexity index is 1570. The average molecular weight is 657 g/mol. The fraction of sp³-hybridized carbons (Fsp3) is 0.481. The van der Waals surface area contributed by atoms with Gasteiger partial charge in [0.1, 0.15) is 16.9 Å². The minimum absolute atomic E-state index is 0.152. The number of likely N-dealkylation sites (tertiary alicyclic amines) is 2. The van der Waals surface area contributed by atoms with Crippen LogP contribution in [0, 0.1) is 0 Å². The SMILES string of the molecule is CN1C(=O)[C@@H](O)C[C@H]1C(=O)N1CCC2(S(=O)(=O)c3ccc(Cl)cc3)c3ccc(C(F)(C(F)(F)F)C(F)(F)F)cc3CCC12. The molecule has 5 rings (SSSR count). The number of fused-ring (bicyclic) bond motifs is 3. The summed E-state index contributed by atoms with van der Waals surface area (Å²) in [5.74, 6) is -1.37. The lowest BCUT2D eigenvalue weighted by Gasteiger charge is -2.43. The first-order valence-electron chi connectivity index (χ1n) is 13.0. The predicted octanol–water partition coefficient (Wildman–Crippen LogP) is 4.44. The summed E-state index contributed by atoms with van der Waals surface area (Å²) in [6.45, 7) is -0.190. The Kier molecular flexibility index (Phi) is 7.37. The Balaban J connectivity index is 1.68. The highest BCUT2D eigenvalue weighted by Gasteiger charge is 2.74. The second kappa shape index (κ2) is 10.1. The molecule has 0 spiro atoms. The first kappa shape index (κ1) is 31.5. The van der Waals surface area contributed by atoms with Crippen LogP contribution >= 0.6 is 11.6 Å². The van der Waals surface area contributed by atoms with E-state index >= 15 is 0 Å². The van der Waals surface area contributed by atoms with Crippen LogP contribution in [0.1, 0.15) is 36.0 Å². The van der Waals surface area contributed by atoms with E-state index in [0.29, 0.717) is 6.07 Å². The molecular formula is C27H24ClF7N2O5S. The minimum atomic E-state index is -6.37. The standard InChI is InChI=1S/C27H24ClF7N2O5S/c1-36-19(13-20(38)23(36)40)22(39)37-11-10-24(43(41,42)17-6-4-16(28)5-7-17)18-8-3-15(12-14(18)2-9-21(24)37)25(29,26(30,31)32)27(33,34)35/h3-8,12,19-21,38H,2,9-11,13H2,1H3/t19-,20-,21?,24?/m0/s1. The molecule has 1 N–H and O–H groups in total. The van der Waals surface area contributed by atoms with Crippen LogP contribution in [0.2, 0.25) is 5.02 Å². The van der Waals surface area contributed by atoms with Crippen LogP contribution < -0.4 is 0 Å². The van der Waals surface area contributed by atoms with Crippen molar-refractivity contribution in [2.45, 2.75) is 71.5 Å². The van der Waals surface area contributed by atoms with Crippen LogP contribution in [0.25, 0.3) is 0 Å². The zero-order valence-corrected chi connectivity index (χ0v) is 23.8. The molecule has 0 saturated carbocycles. The Morgan fingerprint density at radius 1 is 1.02 bits per heavy atom. The van der Waals surface area contributed by atoms with Gasteiger partial charge >= 0.3 is 18.0 Å². The maximum atomic E-state index is 15.0. The van der Waals surface area contributed by atoms with E-state index in [9.17, 15) is 53.8 Å². The molecule has 2 aliphatic heterocycles. The van der Waals surface area contributed by atoms with Gasteiger partial charge in [0.05, 0.1) is 10.9 Å². The Morgan fingerprint density at radius 3 is 2.16 bits per heavy atom. The molecule has 7 nitrogen and oxygen atoms in total.